The Balaban J connectivity index is 1.82. The van der Waals surface area contributed by atoms with E-state index < -0.39 is 0 Å². The Morgan fingerprint density at radius 2 is 1.91 bits per heavy atom. The van der Waals surface area contributed by atoms with Crippen LogP contribution in [0, 0.1) is 20.8 Å². The van der Waals surface area contributed by atoms with Crippen LogP contribution in [0.15, 0.2) is 24.4 Å². The highest BCUT2D eigenvalue weighted by atomic mass is 16.1. The summed E-state index contributed by atoms with van der Waals surface area (Å²) >= 11 is 0. The molecular weight excluding hydrogens is 286 g/mol. The molecule has 3 rings (SSSR count). The summed E-state index contributed by atoms with van der Waals surface area (Å²) in [7, 11) is 0. The first-order valence-corrected chi connectivity index (χ1v) is 8.48. The molecule has 122 valence electrons. The number of carbonyl (C=O) groups excluding carboxylic acids is 1. The fraction of sp³-hybridized carbons (Fsp3) is 0.474. The normalized spacial score (nSPS) is 15.6. The molecule has 1 aliphatic carbocycles. The SMILES string of the molecule is Cc1ccc(NC(=O)c2cc(C)n(C3CCCCC3)c2C)nc1. The number of carbonyl (C=O) groups is 1. The summed E-state index contributed by atoms with van der Waals surface area (Å²) in [6, 6.07) is 6.34. The number of hydrogen-bond donors (Lipinski definition) is 1. The molecule has 1 amide bonds. The number of amides is 1. The van der Waals surface area contributed by atoms with Crippen LogP contribution in [0.25, 0.3) is 0 Å². The molecule has 23 heavy (non-hydrogen) atoms. The van der Waals surface area contributed by atoms with Crippen LogP contribution < -0.4 is 5.32 Å². The highest BCUT2D eigenvalue weighted by molar-refractivity contribution is 6.04. The van der Waals surface area contributed by atoms with E-state index in [9.17, 15) is 4.79 Å². The second kappa shape index (κ2) is 6.57. The maximum Gasteiger partial charge on any atom is 0.258 e. The van der Waals surface area contributed by atoms with E-state index in [1.54, 1.807) is 6.20 Å². The summed E-state index contributed by atoms with van der Waals surface area (Å²) < 4.78 is 2.36. The van der Waals surface area contributed by atoms with E-state index >= 15 is 0 Å². The molecule has 1 N–H and O–H groups in total. The second-order valence-corrected chi connectivity index (χ2v) is 6.62. The fourth-order valence-corrected chi connectivity index (χ4v) is 3.63. The van der Waals surface area contributed by atoms with Crippen LogP contribution in [-0.4, -0.2) is 15.5 Å². The van der Waals surface area contributed by atoms with Gasteiger partial charge in [0.05, 0.1) is 5.56 Å². The number of nitrogens with one attached hydrogen (secondary N) is 1. The van der Waals surface area contributed by atoms with E-state index in [0.717, 1.165) is 16.8 Å². The number of rotatable bonds is 3. The monoisotopic (exact) mass is 311 g/mol. The van der Waals surface area contributed by atoms with Crippen molar-refractivity contribution in [2.45, 2.75) is 58.9 Å². The van der Waals surface area contributed by atoms with Crippen LogP contribution in [-0.2, 0) is 0 Å². The Bertz CT molecular complexity index is 694. The van der Waals surface area contributed by atoms with Crippen LogP contribution in [0.5, 0.6) is 0 Å². The van der Waals surface area contributed by atoms with Gasteiger partial charge >= 0.3 is 0 Å². The predicted octanol–water partition coefficient (Wildman–Crippen LogP) is 4.57. The molecule has 1 fully saturated rings. The summed E-state index contributed by atoms with van der Waals surface area (Å²) in [5.41, 5.74) is 4.09. The molecule has 4 nitrogen and oxygen atoms in total. The summed E-state index contributed by atoms with van der Waals surface area (Å²) in [4.78, 5) is 16.9. The summed E-state index contributed by atoms with van der Waals surface area (Å²) in [5, 5.41) is 2.91. The molecule has 2 aromatic rings. The van der Waals surface area contributed by atoms with Gasteiger partial charge in [-0.3, -0.25) is 4.79 Å². The Labute approximate surface area is 137 Å². The molecule has 0 atom stereocenters. The number of anilines is 1. The lowest BCUT2D eigenvalue weighted by Gasteiger charge is -2.26. The van der Waals surface area contributed by atoms with Gasteiger partial charge in [-0.15, -0.1) is 0 Å². The molecule has 1 saturated carbocycles. The Kier molecular flexibility index (Phi) is 4.51. The van der Waals surface area contributed by atoms with Gasteiger partial charge in [-0.1, -0.05) is 25.3 Å². The first kappa shape index (κ1) is 15.8. The van der Waals surface area contributed by atoms with Gasteiger partial charge in [-0.25, -0.2) is 4.98 Å². The van der Waals surface area contributed by atoms with Crippen molar-refractivity contribution in [1.82, 2.24) is 9.55 Å². The smallest absolute Gasteiger partial charge is 0.258 e. The number of aryl methyl sites for hydroxylation is 2. The predicted molar refractivity (Wildman–Crippen MR) is 93.0 cm³/mol. The quantitative estimate of drug-likeness (QED) is 0.903. The molecule has 0 radical (unpaired) electrons. The van der Waals surface area contributed by atoms with Crippen LogP contribution >= 0.6 is 0 Å². The fourth-order valence-electron chi connectivity index (χ4n) is 3.63. The van der Waals surface area contributed by atoms with Crippen molar-refractivity contribution >= 4 is 11.7 Å². The molecule has 1 aliphatic rings. The van der Waals surface area contributed by atoms with Gasteiger partial charge in [-0.2, -0.15) is 0 Å². The van der Waals surface area contributed by atoms with Gasteiger partial charge in [0.2, 0.25) is 0 Å². The number of aromatic nitrogens is 2. The minimum absolute atomic E-state index is 0.0727. The average molecular weight is 311 g/mol. The minimum atomic E-state index is -0.0727. The molecule has 0 aliphatic heterocycles. The molecule has 0 bridgehead atoms. The van der Waals surface area contributed by atoms with Gasteiger partial charge in [0.1, 0.15) is 5.82 Å². The lowest BCUT2D eigenvalue weighted by atomic mass is 9.95. The molecule has 0 spiro atoms. The van der Waals surface area contributed by atoms with E-state index in [1.165, 1.54) is 37.8 Å². The van der Waals surface area contributed by atoms with E-state index in [1.807, 2.05) is 25.1 Å². The Hall–Kier alpha value is -2.10. The molecule has 4 heteroatoms. The maximum absolute atomic E-state index is 12.6. The largest absolute Gasteiger partial charge is 0.345 e. The standard InChI is InChI=1S/C19H25N3O/c1-13-9-10-18(20-12-13)21-19(23)17-11-14(2)22(15(17)3)16-7-5-4-6-8-16/h9-12,16H,4-8H2,1-3H3,(H,20,21,23). The second-order valence-electron chi connectivity index (χ2n) is 6.62. The zero-order valence-electron chi connectivity index (χ0n) is 14.2. The van der Waals surface area contributed by atoms with Crippen LogP contribution in [0.3, 0.4) is 0 Å². The number of pyridine rings is 1. The van der Waals surface area contributed by atoms with Crippen molar-refractivity contribution in [1.29, 1.82) is 0 Å². The molecular formula is C19H25N3O. The Morgan fingerprint density at radius 1 is 1.17 bits per heavy atom. The summed E-state index contributed by atoms with van der Waals surface area (Å²) in [6.45, 7) is 6.14. The summed E-state index contributed by atoms with van der Waals surface area (Å²) in [6.07, 6.45) is 8.12. The topological polar surface area (TPSA) is 46.9 Å². The van der Waals surface area contributed by atoms with Gasteiger partial charge < -0.3 is 9.88 Å². The third-order valence-electron chi connectivity index (χ3n) is 4.82. The minimum Gasteiger partial charge on any atom is -0.345 e. The first-order valence-electron chi connectivity index (χ1n) is 8.48. The van der Waals surface area contributed by atoms with Crippen molar-refractivity contribution in [3.8, 4) is 0 Å². The zero-order valence-corrected chi connectivity index (χ0v) is 14.2. The van der Waals surface area contributed by atoms with Gasteiger partial charge in [0.15, 0.2) is 0 Å². The maximum atomic E-state index is 12.6. The van der Waals surface area contributed by atoms with Crippen molar-refractivity contribution in [2.75, 3.05) is 5.32 Å². The third kappa shape index (κ3) is 3.31. The van der Waals surface area contributed by atoms with Crippen molar-refractivity contribution in [3.63, 3.8) is 0 Å². The molecule has 2 aromatic heterocycles. The van der Waals surface area contributed by atoms with Crippen LogP contribution in [0.4, 0.5) is 5.82 Å². The van der Waals surface area contributed by atoms with Crippen molar-refractivity contribution in [3.05, 3.63) is 46.9 Å². The zero-order chi connectivity index (χ0) is 16.4. The van der Waals surface area contributed by atoms with Crippen molar-refractivity contribution < 1.29 is 4.79 Å². The van der Waals surface area contributed by atoms with Crippen molar-refractivity contribution in [2.24, 2.45) is 0 Å². The lowest BCUT2D eigenvalue weighted by molar-refractivity contribution is 0.102. The molecule has 0 aromatic carbocycles. The van der Waals surface area contributed by atoms with Gasteiger partial charge in [0.25, 0.3) is 5.91 Å². The first-order chi connectivity index (χ1) is 11.1. The number of hydrogen-bond acceptors (Lipinski definition) is 2. The van der Waals surface area contributed by atoms with Crippen LogP contribution in [0.1, 0.15) is 65.5 Å². The molecule has 0 saturated heterocycles. The lowest BCUT2D eigenvalue weighted by Crippen LogP contribution is -2.17. The Morgan fingerprint density at radius 3 is 2.57 bits per heavy atom. The van der Waals surface area contributed by atoms with E-state index in [4.69, 9.17) is 0 Å². The average Bonchev–Trinajstić information content (AvgIpc) is 2.85. The highest BCUT2D eigenvalue weighted by Gasteiger charge is 2.22. The molecule has 0 unspecified atom stereocenters. The van der Waals surface area contributed by atoms with Crippen LogP contribution in [0.2, 0.25) is 0 Å². The van der Waals surface area contributed by atoms with Gasteiger partial charge in [0, 0.05) is 23.6 Å². The third-order valence-corrected chi connectivity index (χ3v) is 4.82. The number of nitrogens with zero attached hydrogens (tertiary/aromatic N) is 2. The van der Waals surface area contributed by atoms with E-state index in [-0.39, 0.29) is 5.91 Å². The highest BCUT2D eigenvalue weighted by Crippen LogP contribution is 2.32. The van der Waals surface area contributed by atoms with Gasteiger partial charge in [-0.05, 0) is 51.3 Å². The summed E-state index contributed by atoms with van der Waals surface area (Å²) in [5.74, 6) is 0.527. The van der Waals surface area contributed by atoms with E-state index in [0.29, 0.717) is 11.9 Å². The molecule has 2 heterocycles. The van der Waals surface area contributed by atoms with E-state index in [2.05, 4.69) is 28.7 Å².